The maximum Gasteiger partial charge on any atom is 0.155 e. The molecule has 5 atom stereocenters. The van der Waals surface area contributed by atoms with Gasteiger partial charge in [-0.05, 0) is 96.3 Å². The van der Waals surface area contributed by atoms with Crippen LogP contribution in [0.4, 0.5) is 0 Å². The van der Waals surface area contributed by atoms with E-state index in [9.17, 15) is 5.11 Å². The van der Waals surface area contributed by atoms with Gasteiger partial charge >= 0.3 is 0 Å². The van der Waals surface area contributed by atoms with Gasteiger partial charge in [0, 0.05) is 0 Å². The van der Waals surface area contributed by atoms with Crippen LogP contribution in [0.25, 0.3) is 0 Å². The first-order chi connectivity index (χ1) is 12.7. The predicted molar refractivity (Wildman–Crippen MR) is 113 cm³/mol. The molecule has 2 aliphatic rings. The maximum absolute atomic E-state index is 10.4. The van der Waals surface area contributed by atoms with Crippen molar-refractivity contribution in [1.29, 1.82) is 0 Å². The van der Waals surface area contributed by atoms with Crippen molar-refractivity contribution >= 4 is 0 Å². The zero-order valence-electron chi connectivity index (χ0n) is 18.9. The van der Waals surface area contributed by atoms with E-state index < -0.39 is 0 Å². The van der Waals surface area contributed by atoms with E-state index in [1.165, 1.54) is 57.8 Å². The van der Waals surface area contributed by atoms with Gasteiger partial charge in [0.15, 0.2) is 6.29 Å². The predicted octanol–water partition coefficient (Wildman–Crippen LogP) is 6.33. The largest absolute Gasteiger partial charge is 0.393 e. The van der Waals surface area contributed by atoms with Crippen molar-refractivity contribution in [3.8, 4) is 0 Å². The van der Waals surface area contributed by atoms with Crippen LogP contribution >= 0.6 is 0 Å². The molecular formula is C24H46O3. The zero-order chi connectivity index (χ0) is 20.0. The summed E-state index contributed by atoms with van der Waals surface area (Å²) < 4.78 is 12.1. The minimum Gasteiger partial charge on any atom is -0.393 e. The van der Waals surface area contributed by atoms with Gasteiger partial charge in [-0.3, -0.25) is 0 Å². The average Bonchev–Trinajstić information content (AvgIpc) is 2.59. The molecule has 3 heteroatoms. The number of aliphatic hydroxyl groups is 1. The number of aliphatic hydroxyl groups excluding tert-OH is 1. The fourth-order valence-corrected chi connectivity index (χ4v) is 5.64. The quantitative estimate of drug-likeness (QED) is 0.499. The van der Waals surface area contributed by atoms with Crippen LogP contribution in [0.1, 0.15) is 106 Å². The highest BCUT2D eigenvalue weighted by molar-refractivity contribution is 4.83. The molecule has 2 aliphatic carbocycles. The van der Waals surface area contributed by atoms with Gasteiger partial charge in [-0.1, -0.05) is 33.1 Å². The van der Waals surface area contributed by atoms with E-state index in [0.29, 0.717) is 17.9 Å². The van der Waals surface area contributed by atoms with Crippen LogP contribution in [-0.4, -0.2) is 29.2 Å². The Morgan fingerprint density at radius 2 is 1.59 bits per heavy atom. The topological polar surface area (TPSA) is 38.7 Å². The number of ether oxygens (including phenoxy) is 2. The lowest BCUT2D eigenvalue weighted by Gasteiger charge is -2.38. The Labute approximate surface area is 168 Å². The van der Waals surface area contributed by atoms with Crippen molar-refractivity contribution < 1.29 is 14.6 Å². The van der Waals surface area contributed by atoms with Crippen molar-refractivity contribution in [3.63, 3.8) is 0 Å². The Balaban J connectivity index is 1.77. The van der Waals surface area contributed by atoms with E-state index in [0.717, 1.165) is 18.3 Å². The normalized spacial score (nSPS) is 33.4. The summed E-state index contributed by atoms with van der Waals surface area (Å²) in [6.07, 6.45) is 12.4. The maximum atomic E-state index is 10.4. The van der Waals surface area contributed by atoms with Gasteiger partial charge in [0.2, 0.25) is 0 Å². The second kappa shape index (κ2) is 10.6. The second-order valence-corrected chi connectivity index (χ2v) is 10.4. The van der Waals surface area contributed by atoms with Crippen LogP contribution < -0.4 is 0 Å². The third-order valence-corrected chi connectivity index (χ3v) is 7.00. The lowest BCUT2D eigenvalue weighted by Crippen LogP contribution is -2.34. The van der Waals surface area contributed by atoms with Crippen LogP contribution in [0.2, 0.25) is 0 Å². The fourth-order valence-electron chi connectivity index (χ4n) is 5.64. The molecule has 3 nitrogen and oxygen atoms in total. The minimum absolute atomic E-state index is 0.0558. The Morgan fingerprint density at radius 3 is 2.15 bits per heavy atom. The van der Waals surface area contributed by atoms with Crippen molar-refractivity contribution in [3.05, 3.63) is 0 Å². The van der Waals surface area contributed by atoms with E-state index in [1.807, 2.05) is 6.92 Å². The third-order valence-electron chi connectivity index (χ3n) is 7.00. The van der Waals surface area contributed by atoms with E-state index in [-0.39, 0.29) is 18.0 Å². The molecule has 0 spiro atoms. The zero-order valence-corrected chi connectivity index (χ0v) is 18.9. The lowest BCUT2D eigenvalue weighted by molar-refractivity contribution is -0.211. The highest BCUT2D eigenvalue weighted by atomic mass is 16.7. The van der Waals surface area contributed by atoms with E-state index in [1.54, 1.807) is 0 Å². The molecule has 160 valence electrons. The first-order valence-corrected chi connectivity index (χ1v) is 11.7. The Hall–Kier alpha value is -0.120. The summed E-state index contributed by atoms with van der Waals surface area (Å²) in [5.41, 5.74) is -0.149. The molecule has 2 rings (SSSR count). The molecule has 0 aromatic rings. The number of rotatable bonds is 8. The van der Waals surface area contributed by atoms with Gasteiger partial charge in [0.25, 0.3) is 0 Å². The summed E-state index contributed by atoms with van der Waals surface area (Å²) in [5.74, 6) is 2.82. The first-order valence-electron chi connectivity index (χ1n) is 11.7. The second-order valence-electron chi connectivity index (χ2n) is 10.4. The van der Waals surface area contributed by atoms with E-state index in [2.05, 4.69) is 34.6 Å². The molecular weight excluding hydrogens is 336 g/mol. The monoisotopic (exact) mass is 382 g/mol. The van der Waals surface area contributed by atoms with Crippen LogP contribution in [0.3, 0.4) is 0 Å². The molecule has 0 aliphatic heterocycles. The highest BCUT2D eigenvalue weighted by Gasteiger charge is 2.33. The third kappa shape index (κ3) is 7.66. The Bertz CT molecular complexity index is 408. The Kier molecular flexibility index (Phi) is 9.09. The van der Waals surface area contributed by atoms with Gasteiger partial charge in [-0.15, -0.1) is 0 Å². The summed E-state index contributed by atoms with van der Waals surface area (Å²) in [5, 5.41) is 10.4. The SMILES string of the molecule is CCC(CC(C)C1CCCCC1O)C1CCC(OC(C)OC(C)(C)C)CC1. The summed E-state index contributed by atoms with van der Waals surface area (Å²) in [7, 11) is 0. The van der Waals surface area contributed by atoms with Gasteiger partial charge in [-0.2, -0.15) is 0 Å². The average molecular weight is 383 g/mol. The van der Waals surface area contributed by atoms with Crippen molar-refractivity contribution in [2.75, 3.05) is 0 Å². The molecule has 0 aromatic heterocycles. The molecule has 0 saturated heterocycles. The number of hydrogen-bond donors (Lipinski definition) is 1. The molecule has 0 amide bonds. The Morgan fingerprint density at radius 1 is 0.963 bits per heavy atom. The standard InChI is InChI=1S/C24H46O3/c1-7-19(16-17(2)22-10-8-9-11-23(22)25)20-12-14-21(15-13-20)26-18(3)27-24(4,5)6/h17-23,25H,7-16H2,1-6H3. The van der Waals surface area contributed by atoms with Gasteiger partial charge in [0.05, 0.1) is 17.8 Å². The fraction of sp³-hybridized carbons (Fsp3) is 1.00. The molecule has 0 radical (unpaired) electrons. The molecule has 2 fully saturated rings. The lowest BCUT2D eigenvalue weighted by atomic mass is 9.70. The van der Waals surface area contributed by atoms with Crippen LogP contribution in [0.5, 0.6) is 0 Å². The molecule has 5 unspecified atom stereocenters. The smallest absolute Gasteiger partial charge is 0.155 e. The molecule has 1 N–H and O–H groups in total. The van der Waals surface area contributed by atoms with Gasteiger partial charge in [0.1, 0.15) is 0 Å². The summed E-state index contributed by atoms with van der Waals surface area (Å²) in [4.78, 5) is 0. The van der Waals surface area contributed by atoms with E-state index in [4.69, 9.17) is 9.47 Å². The van der Waals surface area contributed by atoms with E-state index >= 15 is 0 Å². The van der Waals surface area contributed by atoms with Crippen molar-refractivity contribution in [2.45, 2.75) is 130 Å². The van der Waals surface area contributed by atoms with Crippen LogP contribution in [0, 0.1) is 23.7 Å². The summed E-state index contributed by atoms with van der Waals surface area (Å²) >= 11 is 0. The number of hydrogen-bond acceptors (Lipinski definition) is 3. The van der Waals surface area contributed by atoms with Gasteiger partial charge < -0.3 is 14.6 Å². The summed E-state index contributed by atoms with van der Waals surface area (Å²) in [6, 6.07) is 0. The van der Waals surface area contributed by atoms with Crippen LogP contribution in [-0.2, 0) is 9.47 Å². The highest BCUT2D eigenvalue weighted by Crippen LogP contribution is 2.40. The summed E-state index contributed by atoms with van der Waals surface area (Å²) in [6.45, 7) is 13.0. The molecule has 0 heterocycles. The molecule has 0 bridgehead atoms. The first kappa shape index (κ1) is 23.2. The molecule has 2 saturated carbocycles. The van der Waals surface area contributed by atoms with Gasteiger partial charge in [-0.25, -0.2) is 0 Å². The van der Waals surface area contributed by atoms with Crippen LogP contribution in [0.15, 0.2) is 0 Å². The van der Waals surface area contributed by atoms with Crippen molar-refractivity contribution in [2.24, 2.45) is 23.7 Å². The minimum atomic E-state index is -0.149. The van der Waals surface area contributed by atoms with Crippen molar-refractivity contribution in [1.82, 2.24) is 0 Å². The molecule has 0 aromatic carbocycles. The molecule has 27 heavy (non-hydrogen) atoms.